The quantitative estimate of drug-likeness (QED) is 0.842. The summed E-state index contributed by atoms with van der Waals surface area (Å²) in [4.78, 5) is 28.9. The summed E-state index contributed by atoms with van der Waals surface area (Å²) in [7, 11) is 0. The molecule has 5 rings (SSSR count). The van der Waals surface area contributed by atoms with Crippen LogP contribution in [0.4, 0.5) is 16.2 Å². The van der Waals surface area contributed by atoms with Gasteiger partial charge in [-0.05, 0) is 61.4 Å². The Balaban J connectivity index is 1.17. The molecule has 2 heterocycles. The first-order chi connectivity index (χ1) is 14.7. The summed E-state index contributed by atoms with van der Waals surface area (Å²) in [6.07, 6.45) is 4.85. The topological polar surface area (TPSA) is 61.9 Å². The molecule has 2 amide bonds. The maximum atomic E-state index is 12.5. The summed E-state index contributed by atoms with van der Waals surface area (Å²) in [5, 5.41) is 3.05. The number of ether oxygens (including phenoxy) is 1. The number of fused-ring (bicyclic) bond motifs is 2. The minimum atomic E-state index is -0.262. The van der Waals surface area contributed by atoms with E-state index in [2.05, 4.69) is 22.3 Å². The van der Waals surface area contributed by atoms with Crippen molar-refractivity contribution in [2.24, 2.45) is 0 Å². The van der Waals surface area contributed by atoms with E-state index < -0.39 is 0 Å². The molecule has 1 fully saturated rings. The van der Waals surface area contributed by atoms with Gasteiger partial charge in [0.15, 0.2) is 0 Å². The predicted molar refractivity (Wildman–Crippen MR) is 116 cm³/mol. The Morgan fingerprint density at radius 1 is 1.03 bits per heavy atom. The van der Waals surface area contributed by atoms with Gasteiger partial charge in [-0.1, -0.05) is 24.3 Å². The molecule has 2 aromatic rings. The molecule has 2 aromatic carbocycles. The van der Waals surface area contributed by atoms with Crippen molar-refractivity contribution in [3.63, 3.8) is 0 Å². The van der Waals surface area contributed by atoms with Crippen molar-refractivity contribution in [3.8, 4) is 0 Å². The number of carbonyl (C=O) groups excluding carboxylic acids is 2. The van der Waals surface area contributed by atoms with Crippen molar-refractivity contribution in [2.45, 2.75) is 44.8 Å². The van der Waals surface area contributed by atoms with Crippen LogP contribution >= 0.6 is 0 Å². The Morgan fingerprint density at radius 2 is 1.83 bits per heavy atom. The van der Waals surface area contributed by atoms with Gasteiger partial charge in [0.2, 0.25) is 5.91 Å². The number of nitrogens with zero attached hydrogens (tertiary/aromatic N) is 2. The fourth-order valence-corrected chi connectivity index (χ4v) is 4.91. The van der Waals surface area contributed by atoms with E-state index in [9.17, 15) is 9.59 Å². The average Bonchev–Trinajstić information content (AvgIpc) is 3.22. The van der Waals surface area contributed by atoms with E-state index in [0.29, 0.717) is 13.2 Å². The number of piperidine rings is 1. The fraction of sp³-hybridized carbons (Fsp3) is 0.417. The molecule has 0 aromatic heterocycles. The van der Waals surface area contributed by atoms with Gasteiger partial charge in [0, 0.05) is 30.4 Å². The third kappa shape index (κ3) is 3.79. The number of hydrogen-bond donors (Lipinski definition) is 1. The molecule has 0 radical (unpaired) electrons. The lowest BCUT2D eigenvalue weighted by molar-refractivity contribution is -0.117. The van der Waals surface area contributed by atoms with Crippen LogP contribution in [0.2, 0.25) is 0 Å². The lowest BCUT2D eigenvalue weighted by atomic mass is 10.0. The lowest BCUT2D eigenvalue weighted by Crippen LogP contribution is -2.50. The second-order valence-electron chi connectivity index (χ2n) is 8.45. The highest BCUT2D eigenvalue weighted by Crippen LogP contribution is 2.31. The van der Waals surface area contributed by atoms with Crippen molar-refractivity contribution in [3.05, 3.63) is 59.2 Å². The predicted octanol–water partition coefficient (Wildman–Crippen LogP) is 3.74. The summed E-state index contributed by atoms with van der Waals surface area (Å²) in [6, 6.07) is 14.3. The molecule has 2 aliphatic heterocycles. The van der Waals surface area contributed by atoms with E-state index in [0.717, 1.165) is 55.7 Å². The highest BCUT2D eigenvalue weighted by Gasteiger charge is 2.34. The molecular weight excluding hydrogens is 378 g/mol. The number of hydrogen-bond acceptors (Lipinski definition) is 4. The molecule has 1 N–H and O–H groups in total. The number of likely N-dealkylation sites (tertiary alicyclic amines) is 1. The van der Waals surface area contributed by atoms with Gasteiger partial charge in [0.05, 0.1) is 12.2 Å². The van der Waals surface area contributed by atoms with Crippen LogP contribution in [-0.4, -0.2) is 42.6 Å². The van der Waals surface area contributed by atoms with Crippen LogP contribution < -0.4 is 10.2 Å². The Kier molecular flexibility index (Phi) is 5.17. The molecule has 0 atom stereocenters. The Labute approximate surface area is 176 Å². The highest BCUT2D eigenvalue weighted by atomic mass is 16.6. The van der Waals surface area contributed by atoms with Gasteiger partial charge in [0.1, 0.15) is 6.61 Å². The van der Waals surface area contributed by atoms with E-state index >= 15 is 0 Å². The molecule has 0 saturated carbocycles. The zero-order valence-corrected chi connectivity index (χ0v) is 17.1. The van der Waals surface area contributed by atoms with Crippen LogP contribution in [0.5, 0.6) is 0 Å². The van der Waals surface area contributed by atoms with Gasteiger partial charge in [0.25, 0.3) is 0 Å². The monoisotopic (exact) mass is 405 g/mol. The number of aryl methyl sites for hydroxylation is 2. The van der Waals surface area contributed by atoms with Crippen molar-refractivity contribution in [1.29, 1.82) is 0 Å². The summed E-state index contributed by atoms with van der Waals surface area (Å²) in [6.45, 7) is 2.29. The molecule has 0 bridgehead atoms. The van der Waals surface area contributed by atoms with E-state index in [-0.39, 0.29) is 18.0 Å². The molecular formula is C24H27N3O3. The van der Waals surface area contributed by atoms with Crippen LogP contribution in [-0.2, 0) is 29.0 Å². The molecule has 3 aliphatic rings. The largest absolute Gasteiger partial charge is 0.444 e. The van der Waals surface area contributed by atoms with E-state index in [1.165, 1.54) is 17.5 Å². The first kappa shape index (κ1) is 19.1. The van der Waals surface area contributed by atoms with Gasteiger partial charge in [-0.2, -0.15) is 0 Å². The molecule has 0 unspecified atom stereocenters. The molecule has 6 nitrogen and oxygen atoms in total. The second-order valence-corrected chi connectivity index (χ2v) is 8.45. The number of amides is 2. The first-order valence-electron chi connectivity index (χ1n) is 10.9. The number of cyclic esters (lactones) is 1. The van der Waals surface area contributed by atoms with Crippen LogP contribution in [0.15, 0.2) is 42.5 Å². The SMILES string of the molecule is O=C(CN1CCC(N2C(=O)OCc3ccccc32)CC1)Nc1ccc2c(c1)CCC2. The van der Waals surface area contributed by atoms with Crippen LogP contribution in [0.25, 0.3) is 0 Å². The Bertz CT molecular complexity index is 966. The standard InChI is InChI=1S/C24H27N3O3/c28-23(25-20-9-8-17-5-3-6-18(17)14-20)15-26-12-10-21(11-13-26)27-22-7-2-1-4-19(22)16-30-24(27)29/h1-2,4,7-9,14,21H,3,5-6,10-13,15-16H2,(H,25,28). The van der Waals surface area contributed by atoms with Crippen LogP contribution in [0.3, 0.4) is 0 Å². The smallest absolute Gasteiger partial charge is 0.414 e. The van der Waals surface area contributed by atoms with Gasteiger partial charge in [-0.25, -0.2) is 4.79 Å². The molecule has 6 heteroatoms. The lowest BCUT2D eigenvalue weighted by Gasteiger charge is -2.40. The van der Waals surface area contributed by atoms with Crippen LogP contribution in [0, 0.1) is 0 Å². The number of rotatable bonds is 4. The van der Waals surface area contributed by atoms with E-state index in [4.69, 9.17) is 4.74 Å². The average molecular weight is 405 g/mol. The minimum Gasteiger partial charge on any atom is -0.444 e. The van der Waals surface area contributed by atoms with Crippen molar-refractivity contribution >= 4 is 23.4 Å². The van der Waals surface area contributed by atoms with Gasteiger partial charge < -0.3 is 10.1 Å². The van der Waals surface area contributed by atoms with Crippen LogP contribution in [0.1, 0.15) is 36.0 Å². The maximum Gasteiger partial charge on any atom is 0.414 e. The highest BCUT2D eigenvalue weighted by molar-refractivity contribution is 5.92. The normalized spacial score (nSPS) is 19.2. The van der Waals surface area contributed by atoms with Crippen molar-refractivity contribution in [2.75, 3.05) is 29.9 Å². The van der Waals surface area contributed by atoms with Gasteiger partial charge in [-0.15, -0.1) is 0 Å². The number of carbonyl (C=O) groups is 2. The molecule has 30 heavy (non-hydrogen) atoms. The molecule has 1 aliphatic carbocycles. The maximum absolute atomic E-state index is 12.5. The number of benzene rings is 2. The fourth-order valence-electron chi connectivity index (χ4n) is 4.91. The van der Waals surface area contributed by atoms with Crippen molar-refractivity contribution in [1.82, 2.24) is 4.90 Å². The minimum absolute atomic E-state index is 0.0223. The summed E-state index contributed by atoms with van der Waals surface area (Å²) < 4.78 is 5.37. The molecule has 156 valence electrons. The van der Waals surface area contributed by atoms with Gasteiger partial charge in [-0.3, -0.25) is 14.6 Å². The number of anilines is 2. The molecule has 0 spiro atoms. The summed E-state index contributed by atoms with van der Waals surface area (Å²) in [5.74, 6) is 0.0223. The van der Waals surface area contributed by atoms with E-state index in [1.54, 1.807) is 4.90 Å². The Hall–Kier alpha value is -2.86. The second kappa shape index (κ2) is 8.11. The van der Waals surface area contributed by atoms with Crippen molar-refractivity contribution < 1.29 is 14.3 Å². The van der Waals surface area contributed by atoms with Gasteiger partial charge >= 0.3 is 6.09 Å². The molecule has 1 saturated heterocycles. The zero-order valence-electron chi connectivity index (χ0n) is 17.1. The first-order valence-corrected chi connectivity index (χ1v) is 10.9. The third-order valence-electron chi connectivity index (χ3n) is 6.47. The zero-order chi connectivity index (χ0) is 20.5. The third-order valence-corrected chi connectivity index (χ3v) is 6.47. The van der Waals surface area contributed by atoms with E-state index in [1.807, 2.05) is 30.3 Å². The number of nitrogens with one attached hydrogen (secondary N) is 1. The summed E-state index contributed by atoms with van der Waals surface area (Å²) >= 11 is 0. The Morgan fingerprint density at radius 3 is 2.70 bits per heavy atom. The summed E-state index contributed by atoms with van der Waals surface area (Å²) in [5.41, 5.74) is 5.67. The number of para-hydroxylation sites is 1.